The normalized spacial score (nSPS) is 12.3. The van der Waals surface area contributed by atoms with E-state index in [0.717, 1.165) is 11.3 Å². The van der Waals surface area contributed by atoms with Crippen molar-refractivity contribution in [3.8, 4) is 5.75 Å². The predicted octanol–water partition coefficient (Wildman–Crippen LogP) is 3.39. The first-order chi connectivity index (χ1) is 6.99. The van der Waals surface area contributed by atoms with Crippen LogP contribution in [0.5, 0.6) is 5.75 Å². The fourth-order valence-corrected chi connectivity index (χ4v) is 1.53. The number of benzene rings is 1. The molecule has 3 heteroatoms. The third kappa shape index (κ3) is 3.92. The summed E-state index contributed by atoms with van der Waals surface area (Å²) in [5.74, 6) is 0.874. The van der Waals surface area contributed by atoms with Gasteiger partial charge in [-0.05, 0) is 38.5 Å². The average Bonchev–Trinajstić information content (AvgIpc) is 2.10. The first kappa shape index (κ1) is 12.1. The first-order valence-electron chi connectivity index (χ1n) is 4.91. The number of rotatable bonds is 4. The van der Waals surface area contributed by atoms with Crippen LogP contribution in [-0.4, -0.2) is 11.9 Å². The maximum absolute atomic E-state index is 10.9. The van der Waals surface area contributed by atoms with Crippen LogP contribution in [0.3, 0.4) is 0 Å². The van der Waals surface area contributed by atoms with Crippen LogP contribution in [0.4, 0.5) is 0 Å². The van der Waals surface area contributed by atoms with E-state index in [1.165, 1.54) is 0 Å². The van der Waals surface area contributed by atoms with Gasteiger partial charge < -0.3 is 4.74 Å². The van der Waals surface area contributed by atoms with E-state index in [4.69, 9.17) is 16.3 Å². The smallest absolute Gasteiger partial charge is 0.133 e. The van der Waals surface area contributed by atoms with Crippen LogP contribution >= 0.6 is 11.6 Å². The number of halogens is 1. The van der Waals surface area contributed by atoms with E-state index in [-0.39, 0.29) is 11.9 Å². The Kier molecular flexibility index (Phi) is 4.15. The van der Waals surface area contributed by atoms with Crippen LogP contribution < -0.4 is 4.74 Å². The summed E-state index contributed by atoms with van der Waals surface area (Å²) in [5.41, 5.74) is 1.02. The highest BCUT2D eigenvalue weighted by atomic mass is 35.5. The van der Waals surface area contributed by atoms with Gasteiger partial charge in [0.05, 0.1) is 0 Å². The maximum atomic E-state index is 10.9. The van der Waals surface area contributed by atoms with Gasteiger partial charge in [-0.1, -0.05) is 17.7 Å². The lowest BCUT2D eigenvalue weighted by Gasteiger charge is -2.15. The van der Waals surface area contributed by atoms with Gasteiger partial charge in [0.2, 0.25) is 0 Å². The number of hydrogen-bond acceptors (Lipinski definition) is 2. The Hall–Kier alpha value is -1.02. The number of ketones is 1. The largest absolute Gasteiger partial charge is 0.490 e. The highest BCUT2D eigenvalue weighted by Gasteiger charge is 2.09. The lowest BCUT2D eigenvalue weighted by Crippen LogP contribution is -2.15. The number of aryl methyl sites for hydroxylation is 1. The first-order valence-corrected chi connectivity index (χ1v) is 5.29. The van der Waals surface area contributed by atoms with Gasteiger partial charge in [0.15, 0.2) is 0 Å². The molecule has 0 saturated carbocycles. The number of carbonyl (C=O) groups excluding carboxylic acids is 1. The van der Waals surface area contributed by atoms with Gasteiger partial charge >= 0.3 is 0 Å². The summed E-state index contributed by atoms with van der Waals surface area (Å²) in [6.07, 6.45) is 0.311. The van der Waals surface area contributed by atoms with Crippen LogP contribution in [0.1, 0.15) is 25.8 Å². The van der Waals surface area contributed by atoms with E-state index in [1.54, 1.807) is 13.0 Å². The predicted molar refractivity (Wildman–Crippen MR) is 61.6 cm³/mol. The van der Waals surface area contributed by atoms with E-state index in [2.05, 4.69) is 0 Å². The fraction of sp³-hybridized carbons (Fsp3) is 0.417. The molecule has 0 saturated heterocycles. The third-order valence-corrected chi connectivity index (χ3v) is 2.29. The molecule has 0 N–H and O–H groups in total. The van der Waals surface area contributed by atoms with Gasteiger partial charge in [-0.15, -0.1) is 0 Å². The number of carbonyl (C=O) groups is 1. The van der Waals surface area contributed by atoms with Crippen molar-refractivity contribution in [2.24, 2.45) is 0 Å². The highest BCUT2D eigenvalue weighted by Crippen LogP contribution is 2.23. The molecule has 1 aromatic rings. The molecule has 0 heterocycles. The Morgan fingerprint density at radius 1 is 1.53 bits per heavy atom. The average molecular weight is 227 g/mol. The lowest BCUT2D eigenvalue weighted by molar-refractivity contribution is -0.118. The van der Waals surface area contributed by atoms with Crippen LogP contribution in [0.15, 0.2) is 18.2 Å². The topological polar surface area (TPSA) is 26.3 Å². The van der Waals surface area contributed by atoms with E-state index < -0.39 is 0 Å². The second-order valence-electron chi connectivity index (χ2n) is 3.74. The van der Waals surface area contributed by atoms with Crippen molar-refractivity contribution in [3.63, 3.8) is 0 Å². The zero-order valence-electron chi connectivity index (χ0n) is 9.21. The molecular weight excluding hydrogens is 212 g/mol. The molecule has 82 valence electrons. The van der Waals surface area contributed by atoms with Crippen LogP contribution in [0.25, 0.3) is 0 Å². The van der Waals surface area contributed by atoms with Crippen molar-refractivity contribution in [1.82, 2.24) is 0 Å². The molecule has 1 atom stereocenters. The summed E-state index contributed by atoms with van der Waals surface area (Å²) >= 11 is 5.86. The summed E-state index contributed by atoms with van der Waals surface area (Å²) in [7, 11) is 0. The van der Waals surface area contributed by atoms with Crippen molar-refractivity contribution < 1.29 is 9.53 Å². The molecule has 15 heavy (non-hydrogen) atoms. The van der Waals surface area contributed by atoms with Crippen molar-refractivity contribution in [3.05, 3.63) is 28.8 Å². The van der Waals surface area contributed by atoms with Crippen molar-refractivity contribution in [2.45, 2.75) is 33.3 Å². The Bertz CT molecular complexity index is 361. The summed E-state index contributed by atoms with van der Waals surface area (Å²) in [6.45, 7) is 5.39. The minimum atomic E-state index is -0.111. The second kappa shape index (κ2) is 5.17. The number of hydrogen-bond donors (Lipinski definition) is 0. The molecule has 0 fully saturated rings. The summed E-state index contributed by atoms with van der Waals surface area (Å²) < 4.78 is 5.63. The molecule has 0 aliphatic rings. The molecule has 0 aliphatic heterocycles. The Balaban J connectivity index is 2.71. The zero-order chi connectivity index (χ0) is 11.4. The number of Topliss-reactive ketones (excluding diaryl/α,β-unsaturated/α-hetero) is 1. The minimum Gasteiger partial charge on any atom is -0.490 e. The molecule has 0 bridgehead atoms. The molecule has 0 amide bonds. The zero-order valence-corrected chi connectivity index (χ0v) is 9.97. The molecule has 1 aromatic carbocycles. The monoisotopic (exact) mass is 226 g/mol. The molecule has 0 aliphatic carbocycles. The Morgan fingerprint density at radius 3 is 2.80 bits per heavy atom. The number of ether oxygens (including phenoxy) is 1. The third-order valence-electron chi connectivity index (χ3n) is 2.05. The van der Waals surface area contributed by atoms with Crippen LogP contribution in [-0.2, 0) is 4.79 Å². The van der Waals surface area contributed by atoms with E-state index in [1.807, 2.05) is 26.0 Å². The fourth-order valence-electron chi connectivity index (χ4n) is 1.36. The highest BCUT2D eigenvalue weighted by molar-refractivity contribution is 6.30. The van der Waals surface area contributed by atoms with E-state index in [0.29, 0.717) is 11.4 Å². The molecular formula is C12H15ClO2. The van der Waals surface area contributed by atoms with Gasteiger partial charge in [-0.3, -0.25) is 4.79 Å². The van der Waals surface area contributed by atoms with Crippen molar-refractivity contribution >= 4 is 17.4 Å². The van der Waals surface area contributed by atoms with Gasteiger partial charge in [0.25, 0.3) is 0 Å². The summed E-state index contributed by atoms with van der Waals surface area (Å²) in [4.78, 5) is 10.9. The summed E-state index contributed by atoms with van der Waals surface area (Å²) in [5, 5.41) is 0.644. The van der Waals surface area contributed by atoms with Crippen LogP contribution in [0, 0.1) is 6.92 Å². The molecule has 0 spiro atoms. The quantitative estimate of drug-likeness (QED) is 0.787. The Labute approximate surface area is 95.2 Å². The standard InChI is InChI=1S/C12H15ClO2/c1-8-4-5-11(13)7-12(8)15-10(3)6-9(2)14/h4-5,7,10H,6H2,1-3H3. The Morgan fingerprint density at radius 2 is 2.20 bits per heavy atom. The SMILES string of the molecule is CC(=O)CC(C)Oc1cc(Cl)ccc1C. The van der Waals surface area contributed by atoms with E-state index >= 15 is 0 Å². The minimum absolute atomic E-state index is 0.111. The molecule has 0 aromatic heterocycles. The van der Waals surface area contributed by atoms with Gasteiger partial charge in [-0.25, -0.2) is 0 Å². The molecule has 1 unspecified atom stereocenters. The van der Waals surface area contributed by atoms with Gasteiger partial charge in [0, 0.05) is 11.4 Å². The molecule has 0 radical (unpaired) electrons. The van der Waals surface area contributed by atoms with Gasteiger partial charge in [0.1, 0.15) is 17.6 Å². The lowest BCUT2D eigenvalue weighted by atomic mass is 10.2. The van der Waals surface area contributed by atoms with Gasteiger partial charge in [-0.2, -0.15) is 0 Å². The van der Waals surface area contributed by atoms with Crippen LogP contribution in [0.2, 0.25) is 5.02 Å². The van der Waals surface area contributed by atoms with Crippen molar-refractivity contribution in [1.29, 1.82) is 0 Å². The molecule has 2 nitrogen and oxygen atoms in total. The van der Waals surface area contributed by atoms with E-state index in [9.17, 15) is 4.79 Å². The second-order valence-corrected chi connectivity index (χ2v) is 4.18. The maximum Gasteiger partial charge on any atom is 0.133 e. The summed E-state index contributed by atoms with van der Waals surface area (Å²) in [6, 6.07) is 5.49. The van der Waals surface area contributed by atoms with Crippen molar-refractivity contribution in [2.75, 3.05) is 0 Å². The molecule has 1 rings (SSSR count).